The Morgan fingerprint density at radius 2 is 1.78 bits per heavy atom. The Bertz CT molecular complexity index is 1050. The average Bonchev–Trinajstić information content (AvgIpc) is 2.69. The van der Waals surface area contributed by atoms with Crippen molar-refractivity contribution < 1.29 is 8.42 Å². The Kier molecular flexibility index (Phi) is 4.86. The highest BCUT2D eigenvalue weighted by atomic mass is 32.2. The summed E-state index contributed by atoms with van der Waals surface area (Å²) in [5, 5.41) is 1.06. The van der Waals surface area contributed by atoms with E-state index in [0.29, 0.717) is 32.7 Å². The lowest BCUT2D eigenvalue weighted by molar-refractivity contribution is 0.178. The summed E-state index contributed by atoms with van der Waals surface area (Å²) in [6.07, 6.45) is 2.97. The molecular weight excluding hydrogens is 362 g/mol. The SMILES string of the molecule is Cc1nc(CN2CCN(S(=O)(=O)c3cccnc3)CC2)nc2ccccc12. The number of fused-ring (bicyclic) bond motifs is 1. The van der Waals surface area contributed by atoms with Crippen LogP contribution in [0.3, 0.4) is 0 Å². The van der Waals surface area contributed by atoms with E-state index >= 15 is 0 Å². The van der Waals surface area contributed by atoms with Gasteiger partial charge in [0, 0.05) is 49.7 Å². The van der Waals surface area contributed by atoms with Gasteiger partial charge in [0.2, 0.25) is 10.0 Å². The van der Waals surface area contributed by atoms with Crippen LogP contribution in [0.1, 0.15) is 11.5 Å². The van der Waals surface area contributed by atoms with Crippen LogP contribution in [0, 0.1) is 6.92 Å². The van der Waals surface area contributed by atoms with Crippen LogP contribution >= 0.6 is 0 Å². The summed E-state index contributed by atoms with van der Waals surface area (Å²) >= 11 is 0. The Labute approximate surface area is 158 Å². The molecule has 1 aliphatic rings. The van der Waals surface area contributed by atoms with E-state index in [4.69, 9.17) is 0 Å². The van der Waals surface area contributed by atoms with E-state index in [1.807, 2.05) is 31.2 Å². The first-order chi connectivity index (χ1) is 13.0. The number of sulfonamides is 1. The zero-order valence-corrected chi connectivity index (χ0v) is 15.9. The molecule has 140 valence electrons. The molecule has 27 heavy (non-hydrogen) atoms. The minimum atomic E-state index is -3.48. The monoisotopic (exact) mass is 383 g/mol. The molecule has 0 N–H and O–H groups in total. The molecule has 1 saturated heterocycles. The van der Waals surface area contributed by atoms with Crippen LogP contribution in [0.4, 0.5) is 0 Å². The molecule has 0 unspecified atom stereocenters. The molecule has 0 atom stereocenters. The van der Waals surface area contributed by atoms with Crippen LogP contribution in [-0.2, 0) is 16.6 Å². The lowest BCUT2D eigenvalue weighted by Crippen LogP contribution is -2.48. The van der Waals surface area contributed by atoms with Gasteiger partial charge in [0.1, 0.15) is 10.7 Å². The predicted molar refractivity (Wildman–Crippen MR) is 103 cm³/mol. The van der Waals surface area contributed by atoms with Crippen molar-refractivity contribution in [1.29, 1.82) is 0 Å². The third-order valence-corrected chi connectivity index (χ3v) is 6.69. The van der Waals surface area contributed by atoms with Gasteiger partial charge in [-0.3, -0.25) is 9.88 Å². The number of nitrogens with zero attached hydrogens (tertiary/aromatic N) is 5. The van der Waals surface area contributed by atoms with E-state index in [-0.39, 0.29) is 4.90 Å². The third-order valence-electron chi connectivity index (χ3n) is 4.81. The van der Waals surface area contributed by atoms with Gasteiger partial charge in [0.25, 0.3) is 0 Å². The van der Waals surface area contributed by atoms with Gasteiger partial charge in [-0.05, 0) is 25.1 Å². The first-order valence-corrected chi connectivity index (χ1v) is 10.3. The Morgan fingerprint density at radius 3 is 2.52 bits per heavy atom. The standard InChI is InChI=1S/C19H21N5O2S/c1-15-17-6-2-3-7-18(17)22-19(21-15)14-23-9-11-24(12-10-23)27(25,26)16-5-4-8-20-13-16/h2-8,13H,9-12,14H2,1H3. The highest BCUT2D eigenvalue weighted by molar-refractivity contribution is 7.89. The number of aromatic nitrogens is 3. The molecule has 0 saturated carbocycles. The lowest BCUT2D eigenvalue weighted by Gasteiger charge is -2.33. The molecule has 4 rings (SSSR count). The van der Waals surface area contributed by atoms with Crippen molar-refractivity contribution in [1.82, 2.24) is 24.2 Å². The summed E-state index contributed by atoms with van der Waals surface area (Å²) in [5.41, 5.74) is 1.91. The van der Waals surface area contributed by atoms with Crippen molar-refractivity contribution in [3.05, 3.63) is 60.3 Å². The van der Waals surface area contributed by atoms with E-state index in [0.717, 1.165) is 22.4 Å². The van der Waals surface area contributed by atoms with Crippen LogP contribution < -0.4 is 0 Å². The van der Waals surface area contributed by atoms with Gasteiger partial charge in [-0.15, -0.1) is 0 Å². The van der Waals surface area contributed by atoms with Crippen LogP contribution in [0.2, 0.25) is 0 Å². The van der Waals surface area contributed by atoms with Gasteiger partial charge in [0.05, 0.1) is 12.1 Å². The molecule has 1 aliphatic heterocycles. The highest BCUT2D eigenvalue weighted by Crippen LogP contribution is 2.18. The zero-order chi connectivity index (χ0) is 18.9. The van der Waals surface area contributed by atoms with Crippen LogP contribution in [0.25, 0.3) is 10.9 Å². The lowest BCUT2D eigenvalue weighted by atomic mass is 10.2. The average molecular weight is 383 g/mol. The summed E-state index contributed by atoms with van der Waals surface area (Å²) in [4.78, 5) is 15.6. The maximum atomic E-state index is 12.7. The van der Waals surface area contributed by atoms with Gasteiger partial charge in [-0.2, -0.15) is 4.31 Å². The number of aryl methyl sites for hydroxylation is 1. The van der Waals surface area contributed by atoms with Crippen LogP contribution in [0.15, 0.2) is 53.7 Å². The summed E-state index contributed by atoms with van der Waals surface area (Å²) in [7, 11) is -3.48. The molecule has 7 nitrogen and oxygen atoms in total. The number of piperazine rings is 1. The van der Waals surface area contributed by atoms with Gasteiger partial charge < -0.3 is 0 Å². The fourth-order valence-electron chi connectivity index (χ4n) is 3.34. The smallest absolute Gasteiger partial charge is 0.244 e. The molecule has 0 bridgehead atoms. The number of rotatable bonds is 4. The molecule has 3 heterocycles. The zero-order valence-electron chi connectivity index (χ0n) is 15.1. The molecule has 8 heteroatoms. The number of hydrogen-bond donors (Lipinski definition) is 0. The summed E-state index contributed by atoms with van der Waals surface area (Å²) in [5.74, 6) is 0.773. The number of benzene rings is 1. The Balaban J connectivity index is 1.44. The summed E-state index contributed by atoms with van der Waals surface area (Å²) in [6.45, 7) is 4.80. The van der Waals surface area contributed by atoms with Gasteiger partial charge in [-0.25, -0.2) is 18.4 Å². The fourth-order valence-corrected chi connectivity index (χ4v) is 4.73. The summed E-state index contributed by atoms with van der Waals surface area (Å²) in [6, 6.07) is 11.2. The molecule has 2 aromatic heterocycles. The van der Waals surface area contributed by atoms with Gasteiger partial charge in [-0.1, -0.05) is 18.2 Å². The van der Waals surface area contributed by atoms with Gasteiger partial charge in [0.15, 0.2) is 0 Å². The normalized spacial score (nSPS) is 16.6. The maximum absolute atomic E-state index is 12.7. The summed E-state index contributed by atoms with van der Waals surface area (Å²) < 4.78 is 26.9. The molecule has 0 radical (unpaired) electrons. The molecule has 1 fully saturated rings. The fraction of sp³-hybridized carbons (Fsp3) is 0.316. The first kappa shape index (κ1) is 18.0. The second-order valence-corrected chi connectivity index (χ2v) is 8.55. The first-order valence-electron chi connectivity index (χ1n) is 8.89. The molecule has 3 aromatic rings. The second kappa shape index (κ2) is 7.30. The minimum absolute atomic E-state index is 0.243. The highest BCUT2D eigenvalue weighted by Gasteiger charge is 2.28. The second-order valence-electron chi connectivity index (χ2n) is 6.61. The largest absolute Gasteiger partial charge is 0.293 e. The van der Waals surface area contributed by atoms with E-state index in [9.17, 15) is 8.42 Å². The van der Waals surface area contributed by atoms with E-state index in [1.165, 1.54) is 10.5 Å². The molecule has 0 amide bonds. The van der Waals surface area contributed by atoms with Crippen molar-refractivity contribution in [3.63, 3.8) is 0 Å². The van der Waals surface area contributed by atoms with E-state index in [2.05, 4.69) is 19.9 Å². The number of para-hydroxylation sites is 1. The quantitative estimate of drug-likeness (QED) is 0.684. The van der Waals surface area contributed by atoms with Gasteiger partial charge >= 0.3 is 0 Å². The van der Waals surface area contributed by atoms with Crippen LogP contribution in [0.5, 0.6) is 0 Å². The van der Waals surface area contributed by atoms with Crippen molar-refractivity contribution in [2.45, 2.75) is 18.4 Å². The van der Waals surface area contributed by atoms with Crippen molar-refractivity contribution >= 4 is 20.9 Å². The molecule has 1 aromatic carbocycles. The molecular formula is C19H21N5O2S. The number of pyridine rings is 1. The topological polar surface area (TPSA) is 79.3 Å². The minimum Gasteiger partial charge on any atom is -0.293 e. The van der Waals surface area contributed by atoms with Crippen molar-refractivity contribution in [2.24, 2.45) is 0 Å². The Morgan fingerprint density at radius 1 is 1.00 bits per heavy atom. The number of hydrogen-bond acceptors (Lipinski definition) is 6. The van der Waals surface area contributed by atoms with E-state index < -0.39 is 10.0 Å². The van der Waals surface area contributed by atoms with Crippen LogP contribution in [-0.4, -0.2) is 58.8 Å². The predicted octanol–water partition coefficient (Wildman–Crippen LogP) is 1.84. The Hall–Kier alpha value is -2.42. The van der Waals surface area contributed by atoms with E-state index in [1.54, 1.807) is 18.3 Å². The third kappa shape index (κ3) is 3.69. The van der Waals surface area contributed by atoms with Crippen molar-refractivity contribution in [2.75, 3.05) is 26.2 Å². The molecule has 0 aliphatic carbocycles. The maximum Gasteiger partial charge on any atom is 0.244 e. The van der Waals surface area contributed by atoms with Crippen molar-refractivity contribution in [3.8, 4) is 0 Å². The molecule has 0 spiro atoms.